The number of Topliss-reactive ketones (excluding diaryl/α,β-unsaturated/α-hetero) is 3. The number of carbonyl (C=O) groups is 3. The van der Waals surface area contributed by atoms with Gasteiger partial charge in [0.1, 0.15) is 18.3 Å². The molecule has 0 rings (SSSR count). The Morgan fingerprint density at radius 3 is 0.936 bits per heavy atom. The van der Waals surface area contributed by atoms with Crippen LogP contribution < -0.4 is 0 Å². The van der Waals surface area contributed by atoms with Crippen LogP contribution in [-0.2, 0) is 32.5 Å². The molecule has 3 unspecified atom stereocenters. The van der Waals surface area contributed by atoms with Gasteiger partial charge in [0, 0.05) is 0 Å². The molecule has 272 valence electrons. The molecular formula is C39H69O7P. The van der Waals surface area contributed by atoms with Gasteiger partial charge in [-0.05, 0) is 95.3 Å². The molecule has 47 heavy (non-hydrogen) atoms. The molecule has 0 saturated carbocycles. The lowest BCUT2D eigenvalue weighted by Gasteiger charge is -2.27. The summed E-state index contributed by atoms with van der Waals surface area (Å²) in [5.41, 5.74) is 1.86. The van der Waals surface area contributed by atoms with Crippen molar-refractivity contribution < 1.29 is 32.5 Å². The molecule has 0 bridgehead atoms. The number of rotatable bonds is 30. The minimum atomic E-state index is -4.58. The van der Waals surface area contributed by atoms with E-state index in [4.69, 9.17) is 13.6 Å². The molecule has 0 radical (unpaired) electrons. The smallest absolute Gasteiger partial charge is 0.292 e. The first kappa shape index (κ1) is 45.3. The predicted molar refractivity (Wildman–Crippen MR) is 196 cm³/mol. The van der Waals surface area contributed by atoms with E-state index >= 15 is 0 Å². The highest BCUT2D eigenvalue weighted by Crippen LogP contribution is 2.53. The molecule has 3 atom stereocenters. The standard InChI is InChI=1S/C39H69O7P/c1-10-16-19-22-28-34(25-13-4)37(40)31(7)44-47(43,45-32(8)38(41)35(26-14-5)29-23-20-17-11-2)46-33(9)39(42)36(27-15-6)30-24-21-18-12-3/h25-27,31-33H,10-24,28-30H2,1-9H3/b34-25+,35-26+,36-27+. The summed E-state index contributed by atoms with van der Waals surface area (Å²) < 4.78 is 32.1. The second kappa shape index (κ2) is 27.2. The van der Waals surface area contributed by atoms with Crippen LogP contribution >= 0.6 is 7.82 Å². The molecule has 8 heteroatoms. The summed E-state index contributed by atoms with van der Waals surface area (Å²) in [7, 11) is -4.58. The Hall–Kier alpha value is -1.66. The molecule has 7 nitrogen and oxygen atoms in total. The van der Waals surface area contributed by atoms with Crippen molar-refractivity contribution >= 4 is 25.2 Å². The average Bonchev–Trinajstić information content (AvgIpc) is 3.04. The van der Waals surface area contributed by atoms with Crippen LogP contribution in [0.25, 0.3) is 0 Å². The minimum absolute atomic E-state index is 0.293. The third kappa shape index (κ3) is 19.2. The number of phosphoric acid groups is 1. The first-order chi connectivity index (χ1) is 22.4. The summed E-state index contributed by atoms with van der Waals surface area (Å²) in [6, 6.07) is 0. The molecule has 0 fully saturated rings. The van der Waals surface area contributed by atoms with Crippen LogP contribution in [0.15, 0.2) is 34.9 Å². The van der Waals surface area contributed by atoms with E-state index < -0.39 is 26.1 Å². The van der Waals surface area contributed by atoms with Crippen molar-refractivity contribution in [3.8, 4) is 0 Å². The van der Waals surface area contributed by atoms with E-state index in [1.165, 1.54) is 20.8 Å². The number of hydrogen-bond acceptors (Lipinski definition) is 7. The Labute approximate surface area is 288 Å². The van der Waals surface area contributed by atoms with E-state index in [0.717, 1.165) is 77.0 Å². The number of unbranched alkanes of at least 4 members (excludes halogenated alkanes) is 9. The zero-order valence-corrected chi connectivity index (χ0v) is 32.4. The van der Waals surface area contributed by atoms with E-state index in [-0.39, 0.29) is 17.3 Å². The first-order valence-electron chi connectivity index (χ1n) is 18.8. The molecule has 0 N–H and O–H groups in total. The van der Waals surface area contributed by atoms with Gasteiger partial charge in [-0.3, -0.25) is 28.0 Å². The molecule has 0 spiro atoms. The minimum Gasteiger partial charge on any atom is -0.292 e. The SMILES string of the molecule is CC/C=C(\CCCCCC)C(=O)C(C)OP(=O)(OC(C)C(=O)/C(=C/CC)CCCCCC)OC(C)C(=O)/C(=C/CC)CCCCCC. The monoisotopic (exact) mass is 680 g/mol. The zero-order valence-electron chi connectivity index (χ0n) is 31.5. The molecule has 0 aliphatic heterocycles. The van der Waals surface area contributed by atoms with Gasteiger partial charge in [0.05, 0.1) is 0 Å². The Balaban J connectivity index is 6.24. The molecule has 0 amide bonds. The fourth-order valence-corrected chi connectivity index (χ4v) is 7.12. The van der Waals surface area contributed by atoms with Crippen molar-refractivity contribution in [3.63, 3.8) is 0 Å². The highest BCUT2D eigenvalue weighted by Gasteiger charge is 2.40. The van der Waals surface area contributed by atoms with Gasteiger partial charge in [0.15, 0.2) is 17.3 Å². The van der Waals surface area contributed by atoms with Crippen LogP contribution in [-0.4, -0.2) is 35.7 Å². The summed E-state index contributed by atoms with van der Waals surface area (Å²) in [4.78, 5) is 40.7. The van der Waals surface area contributed by atoms with Crippen molar-refractivity contribution in [1.29, 1.82) is 0 Å². The first-order valence-corrected chi connectivity index (χ1v) is 20.3. The third-order valence-electron chi connectivity index (χ3n) is 8.17. The maximum absolute atomic E-state index is 14.4. The van der Waals surface area contributed by atoms with Crippen LogP contribution in [0.1, 0.15) is 178 Å². The number of ketones is 3. The lowest BCUT2D eigenvalue weighted by Crippen LogP contribution is -2.29. The predicted octanol–water partition coefficient (Wildman–Crippen LogP) is 11.9. The fourth-order valence-electron chi connectivity index (χ4n) is 5.53. The van der Waals surface area contributed by atoms with Crippen molar-refractivity contribution in [2.75, 3.05) is 0 Å². The Bertz CT molecular complexity index is 914. The van der Waals surface area contributed by atoms with Crippen molar-refractivity contribution in [3.05, 3.63) is 34.9 Å². The summed E-state index contributed by atoms with van der Waals surface area (Å²) in [6.07, 6.45) is 18.2. The zero-order chi connectivity index (χ0) is 35.7. The summed E-state index contributed by atoms with van der Waals surface area (Å²) in [6.45, 7) is 16.9. The quantitative estimate of drug-likeness (QED) is 0.0423. The van der Waals surface area contributed by atoms with E-state index in [1.54, 1.807) is 0 Å². The van der Waals surface area contributed by atoms with Gasteiger partial charge >= 0.3 is 7.82 Å². The van der Waals surface area contributed by atoms with Gasteiger partial charge in [-0.2, -0.15) is 0 Å². The van der Waals surface area contributed by atoms with Gasteiger partial charge in [0.25, 0.3) is 0 Å². The van der Waals surface area contributed by atoms with E-state index in [9.17, 15) is 18.9 Å². The highest BCUT2D eigenvalue weighted by atomic mass is 31.2. The molecule has 0 saturated heterocycles. The highest BCUT2D eigenvalue weighted by molar-refractivity contribution is 7.48. The van der Waals surface area contributed by atoms with E-state index in [2.05, 4.69) is 20.8 Å². The van der Waals surface area contributed by atoms with Gasteiger partial charge < -0.3 is 0 Å². The van der Waals surface area contributed by atoms with Crippen molar-refractivity contribution in [2.24, 2.45) is 0 Å². The van der Waals surface area contributed by atoms with Gasteiger partial charge in [-0.15, -0.1) is 0 Å². The van der Waals surface area contributed by atoms with Crippen molar-refractivity contribution in [1.82, 2.24) is 0 Å². The fraction of sp³-hybridized carbons (Fsp3) is 0.769. The van der Waals surface area contributed by atoms with Crippen LogP contribution in [0.3, 0.4) is 0 Å². The second-order valence-electron chi connectivity index (χ2n) is 12.6. The maximum atomic E-state index is 14.4. The molecule has 0 heterocycles. The third-order valence-corrected chi connectivity index (χ3v) is 9.89. The van der Waals surface area contributed by atoms with Crippen LogP contribution in [0.4, 0.5) is 0 Å². The summed E-state index contributed by atoms with van der Waals surface area (Å²) in [5, 5.41) is 0. The summed E-state index contributed by atoms with van der Waals surface area (Å²) >= 11 is 0. The van der Waals surface area contributed by atoms with Crippen LogP contribution in [0.5, 0.6) is 0 Å². The largest absolute Gasteiger partial charge is 0.476 e. The summed E-state index contributed by atoms with van der Waals surface area (Å²) in [5.74, 6) is -0.879. The normalized spacial score (nSPS) is 16.1. The Morgan fingerprint density at radius 1 is 0.468 bits per heavy atom. The number of carbonyl (C=O) groups excluding carboxylic acids is 3. The lowest BCUT2D eigenvalue weighted by molar-refractivity contribution is -0.126. The maximum Gasteiger partial charge on any atom is 0.476 e. The van der Waals surface area contributed by atoms with Gasteiger partial charge in [0.2, 0.25) is 0 Å². The molecular weight excluding hydrogens is 611 g/mol. The topological polar surface area (TPSA) is 96.0 Å². The molecule has 0 aromatic heterocycles. The van der Waals surface area contributed by atoms with Crippen molar-refractivity contribution in [2.45, 2.75) is 196 Å². The van der Waals surface area contributed by atoms with Crippen LogP contribution in [0.2, 0.25) is 0 Å². The number of phosphoric ester groups is 1. The Kier molecular flexibility index (Phi) is 26.2. The Morgan fingerprint density at radius 2 is 0.723 bits per heavy atom. The van der Waals surface area contributed by atoms with E-state index in [0.29, 0.717) is 55.2 Å². The van der Waals surface area contributed by atoms with E-state index in [1.807, 2.05) is 39.0 Å². The number of allylic oxidation sites excluding steroid dienone is 3. The molecule has 0 aliphatic rings. The second-order valence-corrected chi connectivity index (χ2v) is 14.2. The lowest BCUT2D eigenvalue weighted by atomic mass is 9.99. The molecule has 0 aromatic rings. The van der Waals surface area contributed by atoms with Gasteiger partial charge in [-0.1, -0.05) is 118 Å². The van der Waals surface area contributed by atoms with Crippen LogP contribution in [0, 0.1) is 0 Å². The average molecular weight is 681 g/mol. The molecule has 0 aromatic carbocycles. The number of hydrogen-bond donors (Lipinski definition) is 0. The van der Waals surface area contributed by atoms with Gasteiger partial charge in [-0.25, -0.2) is 4.57 Å². The molecule has 0 aliphatic carbocycles.